The maximum absolute atomic E-state index is 14.6. The Kier molecular flexibility index (Phi) is 11.9. The van der Waals surface area contributed by atoms with Gasteiger partial charge in [0.15, 0.2) is 12.1 Å². The number of aromatic nitrogens is 1. The molecule has 1 amide bonds. The highest BCUT2D eigenvalue weighted by molar-refractivity contribution is 6.36. The summed E-state index contributed by atoms with van der Waals surface area (Å²) in [6.07, 6.45) is 17.0. The number of Topliss-reactive ketones (excluding diaryl/α,β-unsaturated/α-hetero) is 1. The third kappa shape index (κ3) is 6.98. The van der Waals surface area contributed by atoms with Crippen molar-refractivity contribution >= 4 is 40.9 Å². The predicted molar refractivity (Wildman–Crippen MR) is 223 cm³/mol. The van der Waals surface area contributed by atoms with E-state index in [0.717, 1.165) is 19.3 Å². The van der Waals surface area contributed by atoms with Gasteiger partial charge in [-0.1, -0.05) is 100 Å². The summed E-state index contributed by atoms with van der Waals surface area (Å²) in [4.78, 5) is 42.9. The molecule has 2 fully saturated rings. The van der Waals surface area contributed by atoms with E-state index in [2.05, 4.69) is 48.5 Å². The number of ether oxygens (including phenoxy) is 2. The molecule has 10 nitrogen and oxygen atoms in total. The third-order valence-electron chi connectivity index (χ3n) is 15.0. The van der Waals surface area contributed by atoms with Crippen LogP contribution in [0.15, 0.2) is 77.7 Å². The number of hydrogen-bond donors (Lipinski definition) is 5. The first-order valence-corrected chi connectivity index (χ1v) is 21.7. The minimum absolute atomic E-state index is 0.00854. The van der Waals surface area contributed by atoms with Gasteiger partial charge in [0.2, 0.25) is 0 Å². The van der Waals surface area contributed by atoms with E-state index in [0.29, 0.717) is 42.4 Å². The number of amides is 1. The molecule has 5 aliphatic carbocycles. The largest absolute Gasteiger partial charge is 0.511 e. The highest BCUT2D eigenvalue weighted by Crippen LogP contribution is 2.66. The Balaban J connectivity index is 1.21. The van der Waals surface area contributed by atoms with Crippen LogP contribution >= 0.6 is 23.2 Å². The molecule has 0 aromatic carbocycles. The molecule has 0 radical (unpaired) electrons. The minimum atomic E-state index is -1.01. The van der Waals surface area contributed by atoms with Crippen molar-refractivity contribution in [1.82, 2.24) is 10.3 Å². The van der Waals surface area contributed by atoms with Gasteiger partial charge in [0.25, 0.3) is 5.91 Å². The number of nitrogens with one attached hydrogen (secondary N) is 2. The maximum Gasteiger partial charge on any atom is 0.331 e. The molecule has 13 unspecified atom stereocenters. The number of fused-ring (bicyclic) bond motifs is 3. The van der Waals surface area contributed by atoms with Crippen molar-refractivity contribution < 1.29 is 39.2 Å². The van der Waals surface area contributed by atoms with Crippen molar-refractivity contribution in [3.05, 3.63) is 93.5 Å². The number of carboxylic acids is 1. The lowest BCUT2D eigenvalue weighted by atomic mass is 9.49. The summed E-state index contributed by atoms with van der Waals surface area (Å²) < 4.78 is 13.3. The molecule has 1 saturated carbocycles. The number of carbonyl (C=O) groups is 3. The van der Waals surface area contributed by atoms with Gasteiger partial charge in [-0.05, 0) is 87.2 Å². The van der Waals surface area contributed by atoms with Gasteiger partial charge in [-0.15, -0.1) is 0 Å². The Morgan fingerprint density at radius 2 is 1.90 bits per heavy atom. The number of aliphatic hydroxyl groups excluding tert-OH is 2. The van der Waals surface area contributed by atoms with Gasteiger partial charge in [0, 0.05) is 40.6 Å². The lowest BCUT2D eigenvalue weighted by Gasteiger charge is -2.56. The van der Waals surface area contributed by atoms with Crippen LogP contribution in [-0.4, -0.2) is 68.6 Å². The Morgan fingerprint density at radius 1 is 1.14 bits per heavy atom. The Labute approximate surface area is 351 Å². The number of carbonyl (C=O) groups excluding carboxylic acids is 2. The molecule has 5 N–H and O–H groups in total. The Morgan fingerprint density at radius 3 is 2.55 bits per heavy atom. The molecule has 12 heteroatoms. The van der Waals surface area contributed by atoms with Crippen LogP contribution in [-0.2, 0) is 19.1 Å². The maximum atomic E-state index is 14.6. The first kappa shape index (κ1) is 42.7. The first-order chi connectivity index (χ1) is 27.5. The predicted octanol–water partition coefficient (Wildman–Crippen LogP) is 9.23. The summed E-state index contributed by atoms with van der Waals surface area (Å²) in [6, 6.07) is 0.728. The van der Waals surface area contributed by atoms with Crippen LogP contribution in [0.5, 0.6) is 0 Å². The average Bonchev–Trinajstić information content (AvgIpc) is 3.65. The lowest BCUT2D eigenvalue weighted by molar-refractivity contribution is -0.257. The Bertz CT molecular complexity index is 1990. The van der Waals surface area contributed by atoms with Crippen LogP contribution in [0.3, 0.4) is 0 Å². The molecule has 6 aliphatic rings. The van der Waals surface area contributed by atoms with E-state index in [1.165, 1.54) is 6.07 Å². The second kappa shape index (κ2) is 16.2. The topological polar surface area (TPSA) is 158 Å². The quantitative estimate of drug-likeness (QED) is 0.170. The molecule has 58 heavy (non-hydrogen) atoms. The van der Waals surface area contributed by atoms with Gasteiger partial charge in [-0.3, -0.25) is 9.59 Å². The number of halogens is 2. The molecule has 1 saturated heterocycles. The normalized spacial score (nSPS) is 40.1. The molecule has 1 aromatic heterocycles. The van der Waals surface area contributed by atoms with Gasteiger partial charge >= 0.3 is 5.97 Å². The van der Waals surface area contributed by atoms with Crippen LogP contribution in [0.1, 0.15) is 103 Å². The van der Waals surface area contributed by atoms with Crippen molar-refractivity contribution in [3.63, 3.8) is 0 Å². The Hall–Kier alpha value is -3.41. The number of rotatable bonds is 7. The van der Waals surface area contributed by atoms with E-state index >= 15 is 0 Å². The van der Waals surface area contributed by atoms with Crippen LogP contribution in [0.4, 0.5) is 0 Å². The molecule has 1 aromatic rings. The molecule has 1 spiro atoms. The molecule has 7 rings (SSSR count). The number of aliphatic hydroxyl groups is 2. The number of aromatic amines is 1. The SMILES string of the molecule is C=C1C2=C(O)C3(CC2=O)CC(CC)C(C(=O)O)=CC3(C)C=CCC=CCC2C=CC3C(OC4CC(O)C(NC(=O)c5[nH]c(Cl)cc5Cl)C(C)O4)C(C)CCC3C12CC. The number of carboxylic acid groups (broad SMARTS) is 1. The molecular formula is C46H58Cl2N2O8. The average molecular weight is 838 g/mol. The minimum Gasteiger partial charge on any atom is -0.511 e. The van der Waals surface area contributed by atoms with E-state index in [-0.39, 0.29) is 75.9 Å². The molecule has 1 aliphatic heterocycles. The van der Waals surface area contributed by atoms with Crippen molar-refractivity contribution in [3.8, 4) is 0 Å². The second-order valence-corrected chi connectivity index (χ2v) is 18.7. The van der Waals surface area contributed by atoms with E-state index in [4.69, 9.17) is 39.3 Å². The van der Waals surface area contributed by atoms with Crippen molar-refractivity contribution in [2.24, 2.45) is 45.8 Å². The van der Waals surface area contributed by atoms with Crippen molar-refractivity contribution in [2.75, 3.05) is 0 Å². The zero-order chi connectivity index (χ0) is 41.9. The summed E-state index contributed by atoms with van der Waals surface area (Å²) in [6.45, 7) is 14.8. The molecule has 2 bridgehead atoms. The summed E-state index contributed by atoms with van der Waals surface area (Å²) in [5.41, 5.74) is -1.13. The van der Waals surface area contributed by atoms with Crippen LogP contribution < -0.4 is 5.32 Å². The van der Waals surface area contributed by atoms with Crippen molar-refractivity contribution in [2.45, 2.75) is 123 Å². The van der Waals surface area contributed by atoms with Crippen LogP contribution in [0.2, 0.25) is 10.2 Å². The second-order valence-electron chi connectivity index (χ2n) is 17.9. The van der Waals surface area contributed by atoms with Crippen LogP contribution in [0.25, 0.3) is 0 Å². The number of aliphatic carboxylic acids is 1. The third-order valence-corrected chi connectivity index (χ3v) is 15.5. The van der Waals surface area contributed by atoms with Crippen molar-refractivity contribution in [1.29, 1.82) is 0 Å². The molecule has 13 atom stereocenters. The lowest BCUT2D eigenvalue weighted by Crippen LogP contribution is -2.58. The zero-order valence-corrected chi connectivity index (χ0v) is 35.6. The highest BCUT2D eigenvalue weighted by Gasteiger charge is 2.62. The number of allylic oxidation sites excluding steroid dienone is 9. The fraction of sp³-hybridized carbons (Fsp3) is 0.587. The summed E-state index contributed by atoms with van der Waals surface area (Å²) in [7, 11) is 0. The smallest absolute Gasteiger partial charge is 0.331 e. The number of hydrogen-bond acceptors (Lipinski definition) is 7. The first-order valence-electron chi connectivity index (χ1n) is 21.0. The monoisotopic (exact) mass is 836 g/mol. The molecular weight excluding hydrogens is 779 g/mol. The van der Waals surface area contributed by atoms with E-state index in [1.54, 1.807) is 13.0 Å². The zero-order valence-electron chi connectivity index (χ0n) is 34.1. The standard InChI is InChI=1S/C46H58Cl2N2O8/c1-7-27-21-45-23-34(52)37(41(45)53)25(4)46(8-2)28(13-11-9-10-12-18-44(45,6)22-30(27)43(55)56)15-16-29-31(46)17-14-24(3)40(29)58-36-20-33(51)38(26(5)57-36)50-42(54)39-32(47)19-35(48)49-39/h9,11-12,15-16,18-19,22,24,26-29,31,33,36,38,40,49,51,53H,4,7-8,10,13-14,17,20-21,23H2,1-3,5-6H3,(H,50,54)(H,55,56). The van der Waals surface area contributed by atoms with Gasteiger partial charge in [0.1, 0.15) is 16.6 Å². The fourth-order valence-corrected chi connectivity index (χ4v) is 12.3. The molecule has 314 valence electrons. The van der Waals surface area contributed by atoms with E-state index in [9.17, 15) is 29.7 Å². The fourth-order valence-electron chi connectivity index (χ4n) is 11.8. The van der Waals surface area contributed by atoms with Crippen LogP contribution in [0, 0.1) is 45.8 Å². The number of ketones is 1. The van der Waals surface area contributed by atoms with Gasteiger partial charge in [-0.2, -0.15) is 0 Å². The number of H-pyrrole nitrogens is 1. The summed E-state index contributed by atoms with van der Waals surface area (Å²) in [5, 5.41) is 37.5. The van der Waals surface area contributed by atoms with Gasteiger partial charge in [0.05, 0.1) is 34.9 Å². The van der Waals surface area contributed by atoms with Gasteiger partial charge < -0.3 is 35.1 Å². The summed E-state index contributed by atoms with van der Waals surface area (Å²) in [5.74, 6) is -1.83. The van der Waals surface area contributed by atoms with E-state index in [1.807, 2.05) is 26.0 Å². The summed E-state index contributed by atoms with van der Waals surface area (Å²) >= 11 is 12.2. The van der Waals surface area contributed by atoms with Gasteiger partial charge in [-0.25, -0.2) is 4.79 Å². The molecule has 2 heterocycles. The van der Waals surface area contributed by atoms with E-state index < -0.39 is 52.7 Å². The highest BCUT2D eigenvalue weighted by atomic mass is 35.5.